The quantitative estimate of drug-likeness (QED) is 0.595. The number of aryl methyl sites for hydroxylation is 1. The van der Waals surface area contributed by atoms with Crippen LogP contribution in [0, 0.1) is 12.8 Å². The van der Waals surface area contributed by atoms with Crippen molar-refractivity contribution < 1.29 is 9.90 Å². The molecular weight excluding hydrogens is 360 g/mol. The molecule has 2 N–H and O–H groups in total. The van der Waals surface area contributed by atoms with E-state index in [9.17, 15) is 9.90 Å². The molecule has 1 saturated carbocycles. The van der Waals surface area contributed by atoms with Crippen molar-refractivity contribution in [2.75, 3.05) is 0 Å². The van der Waals surface area contributed by atoms with E-state index in [1.165, 1.54) is 31.2 Å². The molecule has 4 heteroatoms. The second-order valence-corrected chi connectivity index (χ2v) is 8.50. The number of aromatic carboxylic acids is 1. The zero-order chi connectivity index (χ0) is 20.4. The molecule has 0 spiro atoms. The zero-order valence-electron chi connectivity index (χ0n) is 17.3. The van der Waals surface area contributed by atoms with Crippen LogP contribution < -0.4 is 5.32 Å². The van der Waals surface area contributed by atoms with Gasteiger partial charge in [0, 0.05) is 35.6 Å². The number of carboxylic acid groups (broad SMARTS) is 1. The molecule has 1 heterocycles. The highest BCUT2D eigenvalue weighted by Crippen LogP contribution is 2.29. The topological polar surface area (TPSA) is 54.3 Å². The van der Waals surface area contributed by atoms with Crippen molar-refractivity contribution in [3.63, 3.8) is 0 Å². The molecule has 1 aromatic heterocycles. The van der Waals surface area contributed by atoms with Gasteiger partial charge in [-0.2, -0.15) is 0 Å². The predicted octanol–water partition coefficient (Wildman–Crippen LogP) is 5.36. The summed E-state index contributed by atoms with van der Waals surface area (Å²) in [5.41, 5.74) is 4.63. The van der Waals surface area contributed by atoms with Gasteiger partial charge in [0.2, 0.25) is 0 Å². The Bertz CT molecular complexity index is 1010. The van der Waals surface area contributed by atoms with Crippen molar-refractivity contribution in [3.05, 3.63) is 70.9 Å². The number of carbonyl (C=O) groups is 1. The van der Waals surface area contributed by atoms with E-state index in [1.54, 1.807) is 0 Å². The average Bonchev–Trinajstić information content (AvgIpc) is 3.03. The molecule has 0 unspecified atom stereocenters. The third-order valence-electron chi connectivity index (χ3n) is 6.45. The Balaban J connectivity index is 1.71. The van der Waals surface area contributed by atoms with E-state index >= 15 is 0 Å². The van der Waals surface area contributed by atoms with Gasteiger partial charge in [0.25, 0.3) is 0 Å². The summed E-state index contributed by atoms with van der Waals surface area (Å²) in [6.07, 6.45) is 4.84. The van der Waals surface area contributed by atoms with E-state index in [2.05, 4.69) is 37.4 Å². The summed E-state index contributed by atoms with van der Waals surface area (Å²) in [7, 11) is 0. The van der Waals surface area contributed by atoms with Crippen molar-refractivity contribution in [2.24, 2.45) is 5.92 Å². The second kappa shape index (κ2) is 8.42. The molecular formula is C25H30N2O2. The zero-order valence-corrected chi connectivity index (χ0v) is 17.3. The highest BCUT2D eigenvalue weighted by molar-refractivity contribution is 5.98. The number of benzene rings is 2. The maximum atomic E-state index is 12.3. The van der Waals surface area contributed by atoms with Crippen LogP contribution in [0.15, 0.2) is 48.5 Å². The standard InChI is InChI=1S/C25H30N2O2/c1-17-11-13-20(14-12-17)26-15-22-21-9-5-6-10-23(21)27(24(22)25(28)29)16-19-8-4-3-7-18(19)2/h3-10,17,20,26H,11-16H2,1-2H3,(H,28,29). The van der Waals surface area contributed by atoms with Gasteiger partial charge in [-0.3, -0.25) is 0 Å². The minimum atomic E-state index is -0.858. The molecule has 1 aliphatic carbocycles. The van der Waals surface area contributed by atoms with E-state index < -0.39 is 5.97 Å². The first-order valence-electron chi connectivity index (χ1n) is 10.7. The van der Waals surface area contributed by atoms with Gasteiger partial charge < -0.3 is 15.0 Å². The van der Waals surface area contributed by atoms with Crippen LogP contribution in [0.4, 0.5) is 0 Å². The van der Waals surface area contributed by atoms with Crippen LogP contribution in [-0.4, -0.2) is 21.7 Å². The van der Waals surface area contributed by atoms with Crippen LogP contribution in [0.1, 0.15) is 59.8 Å². The first-order valence-corrected chi connectivity index (χ1v) is 10.7. The van der Waals surface area contributed by atoms with Gasteiger partial charge >= 0.3 is 5.97 Å². The second-order valence-electron chi connectivity index (χ2n) is 8.50. The third-order valence-corrected chi connectivity index (χ3v) is 6.45. The molecule has 29 heavy (non-hydrogen) atoms. The van der Waals surface area contributed by atoms with Gasteiger partial charge in [-0.05, 0) is 55.7 Å². The van der Waals surface area contributed by atoms with Crippen molar-refractivity contribution in [2.45, 2.75) is 58.7 Å². The first-order chi connectivity index (χ1) is 14.0. The highest BCUT2D eigenvalue weighted by Gasteiger charge is 2.24. The summed E-state index contributed by atoms with van der Waals surface area (Å²) >= 11 is 0. The van der Waals surface area contributed by atoms with Gasteiger partial charge in [0.15, 0.2) is 0 Å². The van der Waals surface area contributed by atoms with E-state index in [-0.39, 0.29) is 0 Å². The summed E-state index contributed by atoms with van der Waals surface area (Å²) in [5.74, 6) is -0.0532. The number of aromatic nitrogens is 1. The molecule has 1 fully saturated rings. The van der Waals surface area contributed by atoms with Crippen LogP contribution >= 0.6 is 0 Å². The van der Waals surface area contributed by atoms with E-state index in [4.69, 9.17) is 0 Å². The average molecular weight is 391 g/mol. The number of carboxylic acids is 1. The van der Waals surface area contributed by atoms with Gasteiger partial charge in [-0.15, -0.1) is 0 Å². The summed E-state index contributed by atoms with van der Waals surface area (Å²) in [6.45, 7) is 5.56. The van der Waals surface area contributed by atoms with Crippen LogP contribution in [0.3, 0.4) is 0 Å². The molecule has 4 nitrogen and oxygen atoms in total. The van der Waals surface area contributed by atoms with Crippen molar-refractivity contribution in [1.82, 2.24) is 9.88 Å². The molecule has 0 radical (unpaired) electrons. The fourth-order valence-electron chi connectivity index (χ4n) is 4.63. The van der Waals surface area contributed by atoms with E-state index in [1.807, 2.05) is 34.9 Å². The maximum absolute atomic E-state index is 12.3. The van der Waals surface area contributed by atoms with E-state index in [0.717, 1.165) is 27.9 Å². The van der Waals surface area contributed by atoms with Gasteiger partial charge in [0.1, 0.15) is 5.69 Å². The SMILES string of the molecule is Cc1ccccc1Cn1c(C(=O)O)c(CNC2CCC(C)CC2)c2ccccc21. The van der Waals surface area contributed by atoms with Crippen LogP contribution in [0.25, 0.3) is 10.9 Å². The molecule has 152 valence electrons. The van der Waals surface area contributed by atoms with Crippen LogP contribution in [0.2, 0.25) is 0 Å². The third kappa shape index (κ3) is 4.08. The molecule has 3 aromatic rings. The Kier molecular flexibility index (Phi) is 5.72. The Morgan fingerprint density at radius 2 is 1.76 bits per heavy atom. The Hall–Kier alpha value is -2.59. The molecule has 0 bridgehead atoms. The van der Waals surface area contributed by atoms with Crippen LogP contribution in [0.5, 0.6) is 0 Å². The highest BCUT2D eigenvalue weighted by atomic mass is 16.4. The fraction of sp³-hybridized carbons (Fsp3) is 0.400. The molecule has 0 saturated heterocycles. The van der Waals surface area contributed by atoms with Crippen molar-refractivity contribution in [1.29, 1.82) is 0 Å². The lowest BCUT2D eigenvalue weighted by molar-refractivity contribution is 0.0684. The predicted molar refractivity (Wildman–Crippen MR) is 117 cm³/mol. The lowest BCUT2D eigenvalue weighted by Gasteiger charge is -2.27. The Morgan fingerprint density at radius 3 is 2.48 bits per heavy atom. The lowest BCUT2D eigenvalue weighted by atomic mass is 9.87. The van der Waals surface area contributed by atoms with Crippen molar-refractivity contribution >= 4 is 16.9 Å². The van der Waals surface area contributed by atoms with Crippen LogP contribution in [-0.2, 0) is 13.1 Å². The molecule has 0 amide bonds. The lowest BCUT2D eigenvalue weighted by Crippen LogP contribution is -2.32. The molecule has 0 aliphatic heterocycles. The minimum absolute atomic E-state index is 0.408. The summed E-state index contributed by atoms with van der Waals surface area (Å²) in [6, 6.07) is 16.7. The summed E-state index contributed by atoms with van der Waals surface area (Å²) in [4.78, 5) is 12.3. The minimum Gasteiger partial charge on any atom is -0.477 e. The molecule has 1 aliphatic rings. The Labute approximate surface area is 172 Å². The number of rotatable bonds is 6. The number of nitrogens with zero attached hydrogens (tertiary/aromatic N) is 1. The number of nitrogens with one attached hydrogen (secondary N) is 1. The smallest absolute Gasteiger partial charge is 0.352 e. The Morgan fingerprint density at radius 1 is 1.07 bits per heavy atom. The van der Waals surface area contributed by atoms with Crippen molar-refractivity contribution in [3.8, 4) is 0 Å². The monoisotopic (exact) mass is 390 g/mol. The molecule has 4 rings (SSSR count). The number of hydrogen-bond acceptors (Lipinski definition) is 2. The maximum Gasteiger partial charge on any atom is 0.352 e. The molecule has 2 aromatic carbocycles. The number of fused-ring (bicyclic) bond motifs is 1. The normalized spacial score (nSPS) is 19.5. The molecule has 0 atom stereocenters. The van der Waals surface area contributed by atoms with Gasteiger partial charge in [0.05, 0.1) is 0 Å². The first kappa shape index (κ1) is 19.7. The summed E-state index contributed by atoms with van der Waals surface area (Å²) < 4.78 is 1.97. The van der Waals surface area contributed by atoms with E-state index in [0.29, 0.717) is 24.8 Å². The number of para-hydroxylation sites is 1. The van der Waals surface area contributed by atoms with Gasteiger partial charge in [-0.25, -0.2) is 4.79 Å². The largest absolute Gasteiger partial charge is 0.477 e. The summed E-state index contributed by atoms with van der Waals surface area (Å²) in [5, 5.41) is 14.8. The number of hydrogen-bond donors (Lipinski definition) is 2. The fourth-order valence-corrected chi connectivity index (χ4v) is 4.63. The van der Waals surface area contributed by atoms with Gasteiger partial charge in [-0.1, -0.05) is 49.4 Å².